The Bertz CT molecular complexity index is 592. The smallest absolute Gasteiger partial charge is 0.241 e. The molecular weight excluding hydrogens is 278 g/mol. The molecule has 1 saturated heterocycles. The van der Waals surface area contributed by atoms with Crippen molar-refractivity contribution >= 4 is 0 Å². The summed E-state index contributed by atoms with van der Waals surface area (Å²) >= 11 is 0. The van der Waals surface area contributed by atoms with Crippen molar-refractivity contribution in [1.29, 1.82) is 0 Å². The van der Waals surface area contributed by atoms with E-state index in [0.29, 0.717) is 24.3 Å². The highest BCUT2D eigenvalue weighted by molar-refractivity contribution is 5.54. The standard InChI is InChI=1S/C17H23N3O2/c1-13-5-7-14(8-6-13)17-18-16(22-19-17)12-20-10-3-2-4-15(20)9-11-21/h5-8,15,21H,2-4,9-12H2,1H3. The van der Waals surface area contributed by atoms with E-state index in [9.17, 15) is 5.11 Å². The lowest BCUT2D eigenvalue weighted by molar-refractivity contribution is 0.100. The molecule has 0 radical (unpaired) electrons. The summed E-state index contributed by atoms with van der Waals surface area (Å²) in [4.78, 5) is 6.87. The molecule has 1 N–H and O–H groups in total. The van der Waals surface area contributed by atoms with Gasteiger partial charge in [-0.05, 0) is 32.7 Å². The maximum absolute atomic E-state index is 9.20. The van der Waals surface area contributed by atoms with Crippen molar-refractivity contribution < 1.29 is 9.63 Å². The summed E-state index contributed by atoms with van der Waals surface area (Å²) in [7, 11) is 0. The number of likely N-dealkylation sites (tertiary alicyclic amines) is 1. The van der Waals surface area contributed by atoms with Crippen LogP contribution in [0.1, 0.15) is 37.1 Å². The highest BCUT2D eigenvalue weighted by atomic mass is 16.5. The average molecular weight is 301 g/mol. The lowest BCUT2D eigenvalue weighted by Crippen LogP contribution is -2.39. The minimum atomic E-state index is 0.236. The molecule has 5 heteroatoms. The van der Waals surface area contributed by atoms with Crippen molar-refractivity contribution in [3.8, 4) is 11.4 Å². The maximum Gasteiger partial charge on any atom is 0.241 e. The van der Waals surface area contributed by atoms with Crippen molar-refractivity contribution in [2.24, 2.45) is 0 Å². The predicted octanol–water partition coefficient (Wildman–Crippen LogP) is 2.78. The van der Waals surface area contributed by atoms with Gasteiger partial charge in [-0.25, -0.2) is 0 Å². The zero-order valence-corrected chi connectivity index (χ0v) is 13.0. The first kappa shape index (κ1) is 15.2. The first-order chi connectivity index (χ1) is 10.8. The molecule has 22 heavy (non-hydrogen) atoms. The predicted molar refractivity (Wildman–Crippen MR) is 84.2 cm³/mol. The first-order valence-corrected chi connectivity index (χ1v) is 8.01. The van der Waals surface area contributed by atoms with E-state index in [4.69, 9.17) is 4.52 Å². The zero-order chi connectivity index (χ0) is 15.4. The summed E-state index contributed by atoms with van der Waals surface area (Å²) in [6.07, 6.45) is 4.39. The van der Waals surface area contributed by atoms with Gasteiger partial charge in [0.2, 0.25) is 11.7 Å². The number of piperidine rings is 1. The van der Waals surface area contributed by atoms with Crippen molar-refractivity contribution in [1.82, 2.24) is 15.0 Å². The zero-order valence-electron chi connectivity index (χ0n) is 13.0. The number of aromatic nitrogens is 2. The minimum Gasteiger partial charge on any atom is -0.396 e. The molecule has 3 rings (SSSR count). The van der Waals surface area contributed by atoms with Gasteiger partial charge in [-0.1, -0.05) is 41.4 Å². The number of rotatable bonds is 5. The van der Waals surface area contributed by atoms with Crippen molar-refractivity contribution in [2.45, 2.75) is 45.2 Å². The molecule has 1 aromatic heterocycles. The van der Waals surface area contributed by atoms with Crippen LogP contribution in [0.25, 0.3) is 11.4 Å². The molecule has 0 bridgehead atoms. The average Bonchev–Trinajstić information content (AvgIpc) is 2.99. The summed E-state index contributed by atoms with van der Waals surface area (Å²) in [6.45, 7) is 4.00. The quantitative estimate of drug-likeness (QED) is 0.920. The van der Waals surface area contributed by atoms with Crippen LogP contribution in [-0.4, -0.2) is 39.3 Å². The van der Waals surface area contributed by atoms with Crippen molar-refractivity contribution in [2.75, 3.05) is 13.2 Å². The van der Waals surface area contributed by atoms with Crippen LogP contribution >= 0.6 is 0 Å². The van der Waals surface area contributed by atoms with E-state index in [1.165, 1.54) is 18.4 Å². The molecule has 2 aromatic rings. The Kier molecular flexibility index (Phi) is 4.85. The van der Waals surface area contributed by atoms with Gasteiger partial charge in [0, 0.05) is 18.2 Å². The highest BCUT2D eigenvalue weighted by Crippen LogP contribution is 2.22. The summed E-state index contributed by atoms with van der Waals surface area (Å²) in [5, 5.41) is 13.3. The van der Waals surface area contributed by atoms with Crippen LogP contribution < -0.4 is 0 Å². The number of aryl methyl sites for hydroxylation is 1. The number of aliphatic hydroxyl groups is 1. The fraction of sp³-hybridized carbons (Fsp3) is 0.529. The number of hydrogen-bond acceptors (Lipinski definition) is 5. The molecule has 0 saturated carbocycles. The molecule has 1 unspecified atom stereocenters. The van der Waals surface area contributed by atoms with Crippen LogP contribution in [0.4, 0.5) is 0 Å². The molecule has 1 aliphatic rings. The summed E-state index contributed by atoms with van der Waals surface area (Å²) in [6, 6.07) is 8.55. The Balaban J connectivity index is 1.69. The molecule has 1 aromatic carbocycles. The topological polar surface area (TPSA) is 62.4 Å². The summed E-state index contributed by atoms with van der Waals surface area (Å²) in [5.41, 5.74) is 2.19. The van der Waals surface area contributed by atoms with E-state index in [1.54, 1.807) is 0 Å². The number of benzene rings is 1. The van der Waals surface area contributed by atoms with Gasteiger partial charge in [0.1, 0.15) is 0 Å². The molecule has 2 heterocycles. The van der Waals surface area contributed by atoms with Gasteiger partial charge < -0.3 is 9.63 Å². The molecule has 0 spiro atoms. The van der Waals surface area contributed by atoms with Crippen LogP contribution in [-0.2, 0) is 6.54 Å². The van der Waals surface area contributed by atoms with E-state index >= 15 is 0 Å². The molecule has 1 aliphatic heterocycles. The van der Waals surface area contributed by atoms with Crippen LogP contribution in [0.5, 0.6) is 0 Å². The molecule has 1 fully saturated rings. The Morgan fingerprint density at radius 3 is 2.86 bits per heavy atom. The van der Waals surface area contributed by atoms with Gasteiger partial charge in [0.05, 0.1) is 6.54 Å². The van der Waals surface area contributed by atoms with Crippen LogP contribution in [0, 0.1) is 6.92 Å². The number of hydrogen-bond donors (Lipinski definition) is 1. The van der Waals surface area contributed by atoms with E-state index in [-0.39, 0.29) is 6.61 Å². The molecule has 0 amide bonds. The monoisotopic (exact) mass is 301 g/mol. The van der Waals surface area contributed by atoms with Gasteiger partial charge >= 0.3 is 0 Å². The second-order valence-corrected chi connectivity index (χ2v) is 6.01. The minimum absolute atomic E-state index is 0.236. The third kappa shape index (κ3) is 3.54. The Morgan fingerprint density at radius 1 is 1.27 bits per heavy atom. The molecule has 0 aliphatic carbocycles. The maximum atomic E-state index is 9.20. The number of aliphatic hydroxyl groups excluding tert-OH is 1. The van der Waals surface area contributed by atoms with Gasteiger partial charge in [-0.3, -0.25) is 4.90 Å². The largest absolute Gasteiger partial charge is 0.396 e. The van der Waals surface area contributed by atoms with Crippen LogP contribution in [0.15, 0.2) is 28.8 Å². The van der Waals surface area contributed by atoms with Gasteiger partial charge in [-0.2, -0.15) is 4.98 Å². The van der Waals surface area contributed by atoms with E-state index in [2.05, 4.69) is 22.0 Å². The van der Waals surface area contributed by atoms with Crippen LogP contribution in [0.2, 0.25) is 0 Å². The normalized spacial score (nSPS) is 19.5. The van der Waals surface area contributed by atoms with Gasteiger partial charge in [-0.15, -0.1) is 0 Å². The fourth-order valence-electron chi connectivity index (χ4n) is 3.06. The lowest BCUT2D eigenvalue weighted by atomic mass is 10.00. The van der Waals surface area contributed by atoms with Crippen LogP contribution in [0.3, 0.4) is 0 Å². The fourth-order valence-corrected chi connectivity index (χ4v) is 3.06. The third-order valence-electron chi connectivity index (χ3n) is 4.33. The summed E-state index contributed by atoms with van der Waals surface area (Å²) in [5.74, 6) is 1.30. The molecule has 5 nitrogen and oxygen atoms in total. The Hall–Kier alpha value is -1.72. The highest BCUT2D eigenvalue weighted by Gasteiger charge is 2.23. The second kappa shape index (κ2) is 7.03. The number of nitrogens with zero attached hydrogens (tertiary/aromatic N) is 3. The van der Waals surface area contributed by atoms with Crippen molar-refractivity contribution in [3.05, 3.63) is 35.7 Å². The van der Waals surface area contributed by atoms with Gasteiger partial charge in [0.25, 0.3) is 0 Å². The Labute approximate surface area is 131 Å². The molecule has 1 atom stereocenters. The Morgan fingerprint density at radius 2 is 2.09 bits per heavy atom. The lowest BCUT2D eigenvalue weighted by Gasteiger charge is -2.34. The first-order valence-electron chi connectivity index (χ1n) is 8.01. The summed E-state index contributed by atoms with van der Waals surface area (Å²) < 4.78 is 5.41. The SMILES string of the molecule is Cc1ccc(-c2noc(CN3CCCCC3CCO)n2)cc1. The van der Waals surface area contributed by atoms with E-state index in [1.807, 2.05) is 24.3 Å². The molecular formula is C17H23N3O2. The second-order valence-electron chi connectivity index (χ2n) is 6.01. The van der Waals surface area contributed by atoms with Gasteiger partial charge in [0.15, 0.2) is 0 Å². The van der Waals surface area contributed by atoms with E-state index < -0.39 is 0 Å². The molecule has 118 valence electrons. The van der Waals surface area contributed by atoms with E-state index in [0.717, 1.165) is 24.9 Å². The van der Waals surface area contributed by atoms with Crippen molar-refractivity contribution in [3.63, 3.8) is 0 Å². The third-order valence-corrected chi connectivity index (χ3v) is 4.33.